The number of piperidine rings is 1. The van der Waals surface area contributed by atoms with Gasteiger partial charge in [-0.3, -0.25) is 9.59 Å². The number of hydrogen-bond acceptors (Lipinski definition) is 5. The first-order chi connectivity index (χ1) is 15.8. The average Bonchev–Trinajstić information content (AvgIpc) is 2.82. The van der Waals surface area contributed by atoms with Gasteiger partial charge in [0.05, 0.1) is 13.7 Å². The molecule has 8 nitrogen and oxygen atoms in total. The van der Waals surface area contributed by atoms with Gasteiger partial charge in [-0.05, 0) is 56.0 Å². The van der Waals surface area contributed by atoms with Gasteiger partial charge in [0, 0.05) is 23.8 Å². The normalized spacial score (nSPS) is 16.8. The number of amides is 2. The second-order valence-electron chi connectivity index (χ2n) is 8.07. The predicted molar refractivity (Wildman–Crippen MR) is 127 cm³/mol. The molecule has 9 heteroatoms. The van der Waals surface area contributed by atoms with Gasteiger partial charge >= 0.3 is 0 Å². The molecule has 0 unspecified atom stereocenters. The van der Waals surface area contributed by atoms with E-state index < -0.39 is 15.9 Å². The molecule has 0 aliphatic carbocycles. The van der Waals surface area contributed by atoms with E-state index >= 15 is 0 Å². The molecule has 1 fully saturated rings. The molecule has 2 aromatic carbocycles. The van der Waals surface area contributed by atoms with Crippen LogP contribution in [0.15, 0.2) is 47.4 Å². The summed E-state index contributed by atoms with van der Waals surface area (Å²) in [6.07, 6.45) is 3.33. The van der Waals surface area contributed by atoms with Crippen LogP contribution in [-0.2, 0) is 21.2 Å². The third-order valence-corrected chi connectivity index (χ3v) is 7.87. The Balaban J connectivity index is 1.74. The number of para-hydroxylation sites is 1. The van der Waals surface area contributed by atoms with Gasteiger partial charge < -0.3 is 15.4 Å². The van der Waals surface area contributed by atoms with E-state index in [4.69, 9.17) is 4.74 Å². The highest BCUT2D eigenvalue weighted by Gasteiger charge is 2.33. The fourth-order valence-corrected chi connectivity index (χ4v) is 5.87. The number of anilines is 1. The van der Waals surface area contributed by atoms with E-state index in [1.807, 2.05) is 32.0 Å². The van der Waals surface area contributed by atoms with Gasteiger partial charge in [-0.2, -0.15) is 4.31 Å². The van der Waals surface area contributed by atoms with Gasteiger partial charge in [-0.15, -0.1) is 0 Å². The van der Waals surface area contributed by atoms with E-state index in [0.29, 0.717) is 12.2 Å². The molecule has 1 aliphatic heterocycles. The van der Waals surface area contributed by atoms with Crippen molar-refractivity contribution < 1.29 is 22.7 Å². The Morgan fingerprint density at radius 2 is 1.91 bits per heavy atom. The van der Waals surface area contributed by atoms with Crippen molar-refractivity contribution in [1.82, 2.24) is 9.62 Å². The average molecular weight is 474 g/mol. The predicted octanol–water partition coefficient (Wildman–Crippen LogP) is 3.19. The lowest BCUT2D eigenvalue weighted by atomic mass is 10.1. The number of sulfonamides is 1. The molecule has 0 aromatic heterocycles. The van der Waals surface area contributed by atoms with E-state index in [1.165, 1.54) is 29.6 Å². The van der Waals surface area contributed by atoms with Crippen molar-refractivity contribution in [1.29, 1.82) is 0 Å². The molecule has 3 rings (SSSR count). The van der Waals surface area contributed by atoms with Crippen LogP contribution in [0.4, 0.5) is 5.69 Å². The van der Waals surface area contributed by atoms with Gasteiger partial charge in [0.25, 0.3) is 5.91 Å². The number of carbonyl (C=O) groups is 2. The maximum Gasteiger partial charge on any atom is 0.251 e. The van der Waals surface area contributed by atoms with Crippen LogP contribution in [0.5, 0.6) is 5.75 Å². The first-order valence-corrected chi connectivity index (χ1v) is 12.6. The molecule has 0 bridgehead atoms. The van der Waals surface area contributed by atoms with Gasteiger partial charge in [-0.1, -0.05) is 31.5 Å². The topological polar surface area (TPSA) is 105 Å². The van der Waals surface area contributed by atoms with Crippen LogP contribution in [0.3, 0.4) is 0 Å². The van der Waals surface area contributed by atoms with Crippen LogP contribution in [0, 0.1) is 0 Å². The molecule has 0 spiro atoms. The largest absolute Gasteiger partial charge is 0.495 e. The minimum atomic E-state index is -3.84. The zero-order valence-electron chi connectivity index (χ0n) is 19.3. The summed E-state index contributed by atoms with van der Waals surface area (Å²) in [6.45, 7) is 4.07. The van der Waals surface area contributed by atoms with E-state index in [1.54, 1.807) is 6.07 Å². The quantitative estimate of drug-likeness (QED) is 0.613. The molecule has 178 valence electrons. The smallest absolute Gasteiger partial charge is 0.251 e. The molecule has 0 saturated carbocycles. The van der Waals surface area contributed by atoms with Gasteiger partial charge in [0.1, 0.15) is 10.6 Å². The van der Waals surface area contributed by atoms with Crippen molar-refractivity contribution in [2.24, 2.45) is 0 Å². The Labute approximate surface area is 195 Å². The van der Waals surface area contributed by atoms with Crippen molar-refractivity contribution in [2.45, 2.75) is 50.5 Å². The second-order valence-corrected chi connectivity index (χ2v) is 9.93. The third kappa shape index (κ3) is 5.72. The van der Waals surface area contributed by atoms with Crippen LogP contribution in [0.2, 0.25) is 0 Å². The number of benzene rings is 2. The van der Waals surface area contributed by atoms with E-state index in [0.717, 1.165) is 31.2 Å². The zero-order chi connectivity index (χ0) is 24.0. The fraction of sp³-hybridized carbons (Fsp3) is 0.417. The number of rotatable bonds is 8. The number of nitrogens with one attached hydrogen (secondary N) is 2. The van der Waals surface area contributed by atoms with Crippen LogP contribution < -0.4 is 15.4 Å². The number of aryl methyl sites for hydroxylation is 1. The van der Waals surface area contributed by atoms with Crippen molar-refractivity contribution in [3.63, 3.8) is 0 Å². The molecule has 1 aliphatic rings. The first-order valence-electron chi connectivity index (χ1n) is 11.1. The minimum absolute atomic E-state index is 0.0484. The van der Waals surface area contributed by atoms with E-state index in [2.05, 4.69) is 10.6 Å². The number of carbonyl (C=O) groups excluding carboxylic acids is 2. The highest BCUT2D eigenvalue weighted by atomic mass is 32.2. The Morgan fingerprint density at radius 3 is 2.61 bits per heavy atom. The molecule has 2 aromatic rings. The lowest BCUT2D eigenvalue weighted by Crippen LogP contribution is -2.42. The van der Waals surface area contributed by atoms with Gasteiger partial charge in [0.15, 0.2) is 0 Å². The number of nitrogens with zero attached hydrogens (tertiary/aromatic N) is 1. The molecule has 33 heavy (non-hydrogen) atoms. The molecule has 1 heterocycles. The lowest BCUT2D eigenvalue weighted by molar-refractivity contribution is -0.115. The summed E-state index contributed by atoms with van der Waals surface area (Å²) in [5.74, 6) is -0.731. The van der Waals surface area contributed by atoms with Crippen molar-refractivity contribution in [3.8, 4) is 5.75 Å². The van der Waals surface area contributed by atoms with Crippen LogP contribution in [-0.4, -0.2) is 50.8 Å². The van der Waals surface area contributed by atoms with Crippen molar-refractivity contribution in [2.75, 3.05) is 25.5 Å². The molecule has 1 saturated heterocycles. The fourth-order valence-electron chi connectivity index (χ4n) is 3.98. The summed E-state index contributed by atoms with van der Waals surface area (Å²) in [6, 6.07) is 11.6. The highest BCUT2D eigenvalue weighted by Crippen LogP contribution is 2.31. The van der Waals surface area contributed by atoms with Crippen LogP contribution in [0.1, 0.15) is 49.0 Å². The maximum atomic E-state index is 13.3. The summed E-state index contributed by atoms with van der Waals surface area (Å²) < 4.78 is 33.4. The Hall–Kier alpha value is -2.91. The number of hydrogen-bond donors (Lipinski definition) is 2. The SMILES string of the molecule is CCc1ccccc1NC(=O)CNC(=O)c1ccc(OC)c(S(=O)(=O)N2CCCC[C@@H]2C)c1. The van der Waals surface area contributed by atoms with Crippen molar-refractivity contribution in [3.05, 3.63) is 53.6 Å². The molecule has 0 radical (unpaired) electrons. The first kappa shape index (κ1) is 24.7. The molecular formula is C24H31N3O5S. The monoisotopic (exact) mass is 473 g/mol. The van der Waals surface area contributed by atoms with E-state index in [9.17, 15) is 18.0 Å². The third-order valence-electron chi connectivity index (χ3n) is 5.84. The van der Waals surface area contributed by atoms with Crippen LogP contribution >= 0.6 is 0 Å². The van der Waals surface area contributed by atoms with Gasteiger partial charge in [0.2, 0.25) is 15.9 Å². The van der Waals surface area contributed by atoms with Gasteiger partial charge in [-0.25, -0.2) is 8.42 Å². The van der Waals surface area contributed by atoms with E-state index in [-0.39, 0.29) is 34.7 Å². The maximum absolute atomic E-state index is 13.3. The second kappa shape index (κ2) is 10.8. The zero-order valence-corrected chi connectivity index (χ0v) is 20.1. The summed E-state index contributed by atoms with van der Waals surface area (Å²) in [4.78, 5) is 25.0. The summed E-state index contributed by atoms with van der Waals surface area (Å²) >= 11 is 0. The standard InChI is InChI=1S/C24H31N3O5S/c1-4-18-10-5-6-11-20(18)26-23(28)16-25-24(29)19-12-13-21(32-3)22(15-19)33(30,31)27-14-8-7-9-17(27)2/h5-6,10-13,15,17H,4,7-9,14,16H2,1-3H3,(H,25,29)(H,26,28)/t17-/m0/s1. The summed E-state index contributed by atoms with van der Waals surface area (Å²) in [7, 11) is -2.45. The molecular weight excluding hydrogens is 442 g/mol. The number of methoxy groups -OCH3 is 1. The summed E-state index contributed by atoms with van der Waals surface area (Å²) in [5.41, 5.74) is 1.84. The molecule has 2 N–H and O–H groups in total. The Kier molecular flexibility index (Phi) is 8.10. The molecule has 1 atom stereocenters. The number of ether oxygens (including phenoxy) is 1. The Morgan fingerprint density at radius 1 is 1.15 bits per heavy atom. The highest BCUT2D eigenvalue weighted by molar-refractivity contribution is 7.89. The summed E-state index contributed by atoms with van der Waals surface area (Å²) in [5, 5.41) is 5.35. The molecule has 2 amide bonds. The minimum Gasteiger partial charge on any atom is -0.495 e. The van der Waals surface area contributed by atoms with Crippen molar-refractivity contribution >= 4 is 27.5 Å². The lowest BCUT2D eigenvalue weighted by Gasteiger charge is -2.32. The Bertz CT molecular complexity index is 1120. The van der Waals surface area contributed by atoms with Crippen LogP contribution in [0.25, 0.3) is 0 Å².